The van der Waals surface area contributed by atoms with Gasteiger partial charge >= 0.3 is 0 Å². The summed E-state index contributed by atoms with van der Waals surface area (Å²) in [5.74, 6) is 0. The van der Waals surface area contributed by atoms with E-state index in [1.807, 2.05) is 6.07 Å². The van der Waals surface area contributed by atoms with Gasteiger partial charge in [-0.15, -0.1) is 0 Å². The average molecular weight is 299 g/mol. The molecule has 0 aliphatic heterocycles. The molecule has 0 unspecified atom stereocenters. The van der Waals surface area contributed by atoms with Gasteiger partial charge in [0.1, 0.15) is 0 Å². The Bertz CT molecular complexity index is 541. The number of hydrogen-bond donors (Lipinski definition) is 1. The minimum absolute atomic E-state index is 0.823. The smallest absolute Gasteiger partial charge is 0.178 e. The molecule has 0 saturated heterocycles. The Hall–Kier alpha value is -0.610. The van der Waals surface area contributed by atoms with Crippen molar-refractivity contribution in [1.82, 2.24) is 9.55 Å². The minimum Gasteiger partial charge on any atom is -0.331 e. The lowest BCUT2D eigenvalue weighted by Gasteiger charge is -2.03. The van der Waals surface area contributed by atoms with Crippen LogP contribution in [0.25, 0.3) is 11.0 Å². The van der Waals surface area contributed by atoms with Crippen LogP contribution >= 0.6 is 28.1 Å². The zero-order valence-electron chi connectivity index (χ0n) is 9.29. The molecule has 2 nitrogen and oxygen atoms in total. The monoisotopic (exact) mass is 298 g/mol. The average Bonchev–Trinajstić information content (AvgIpc) is 2.56. The molecule has 0 aliphatic carbocycles. The first-order chi connectivity index (χ1) is 7.72. The third-order valence-electron chi connectivity index (χ3n) is 2.72. The zero-order chi connectivity index (χ0) is 11.5. The number of halogens is 1. The van der Waals surface area contributed by atoms with Crippen LogP contribution in [0.15, 0.2) is 22.7 Å². The standard InChI is InChI=1S/C12H15BrN2S/c1-2-3-4-7-15-11-8-9(13)5-6-10(11)14-12(15)16/h5-6,8H,2-4,7H2,1H3,(H,14,16). The topological polar surface area (TPSA) is 20.7 Å². The van der Waals surface area contributed by atoms with Gasteiger partial charge in [0.25, 0.3) is 0 Å². The lowest BCUT2D eigenvalue weighted by atomic mass is 10.2. The van der Waals surface area contributed by atoms with Crippen LogP contribution in [0.5, 0.6) is 0 Å². The van der Waals surface area contributed by atoms with Crippen molar-refractivity contribution in [2.75, 3.05) is 0 Å². The number of benzene rings is 1. The fourth-order valence-electron chi connectivity index (χ4n) is 1.87. The van der Waals surface area contributed by atoms with Gasteiger partial charge in [-0.3, -0.25) is 0 Å². The number of unbranched alkanes of at least 4 members (excludes halogenated alkanes) is 2. The van der Waals surface area contributed by atoms with Crippen LogP contribution in [-0.2, 0) is 6.54 Å². The fourth-order valence-corrected chi connectivity index (χ4v) is 2.52. The summed E-state index contributed by atoms with van der Waals surface area (Å²) in [6.45, 7) is 3.22. The van der Waals surface area contributed by atoms with Crippen molar-refractivity contribution in [2.24, 2.45) is 0 Å². The molecule has 1 heterocycles. The molecule has 0 atom stereocenters. The predicted molar refractivity (Wildman–Crippen MR) is 74.3 cm³/mol. The van der Waals surface area contributed by atoms with E-state index in [2.05, 4.69) is 44.5 Å². The quantitative estimate of drug-likeness (QED) is 0.643. The van der Waals surface area contributed by atoms with Gasteiger partial charge in [0, 0.05) is 11.0 Å². The van der Waals surface area contributed by atoms with E-state index in [0.717, 1.165) is 21.3 Å². The van der Waals surface area contributed by atoms with E-state index in [0.29, 0.717) is 0 Å². The largest absolute Gasteiger partial charge is 0.331 e. The van der Waals surface area contributed by atoms with E-state index in [1.165, 1.54) is 24.8 Å². The van der Waals surface area contributed by atoms with Crippen molar-refractivity contribution in [3.63, 3.8) is 0 Å². The Morgan fingerprint density at radius 1 is 1.38 bits per heavy atom. The molecule has 1 aromatic heterocycles. The Morgan fingerprint density at radius 3 is 2.94 bits per heavy atom. The SMILES string of the molecule is CCCCCn1c(=S)[nH]c2ccc(Br)cc21. The summed E-state index contributed by atoms with van der Waals surface area (Å²) in [5.41, 5.74) is 2.31. The molecule has 0 bridgehead atoms. The first-order valence-electron chi connectivity index (χ1n) is 5.60. The number of aryl methyl sites for hydroxylation is 1. The highest BCUT2D eigenvalue weighted by Gasteiger charge is 2.04. The molecule has 1 N–H and O–H groups in total. The van der Waals surface area contributed by atoms with E-state index in [4.69, 9.17) is 12.2 Å². The molecular formula is C12H15BrN2S. The van der Waals surface area contributed by atoms with Crippen LogP contribution in [0.3, 0.4) is 0 Å². The van der Waals surface area contributed by atoms with Gasteiger partial charge in [-0.1, -0.05) is 35.7 Å². The highest BCUT2D eigenvalue weighted by atomic mass is 79.9. The predicted octanol–water partition coefficient (Wildman–Crippen LogP) is 4.65. The van der Waals surface area contributed by atoms with Gasteiger partial charge in [-0.05, 0) is 36.8 Å². The van der Waals surface area contributed by atoms with Crippen molar-refractivity contribution < 1.29 is 0 Å². The number of rotatable bonds is 4. The second-order valence-electron chi connectivity index (χ2n) is 3.95. The number of imidazole rings is 1. The molecule has 0 spiro atoms. The number of hydrogen-bond acceptors (Lipinski definition) is 1. The number of H-pyrrole nitrogens is 1. The molecule has 1 aromatic carbocycles. The first-order valence-corrected chi connectivity index (χ1v) is 6.80. The van der Waals surface area contributed by atoms with Crippen molar-refractivity contribution in [3.05, 3.63) is 27.4 Å². The Morgan fingerprint density at radius 2 is 2.19 bits per heavy atom. The van der Waals surface area contributed by atoms with E-state index >= 15 is 0 Å². The zero-order valence-corrected chi connectivity index (χ0v) is 11.7. The molecule has 2 aromatic rings. The van der Waals surface area contributed by atoms with E-state index in [9.17, 15) is 0 Å². The molecule has 86 valence electrons. The van der Waals surface area contributed by atoms with Gasteiger partial charge in [0.2, 0.25) is 0 Å². The summed E-state index contributed by atoms with van der Waals surface area (Å²) in [5, 5.41) is 0. The molecule has 0 saturated carbocycles. The van der Waals surface area contributed by atoms with Crippen LogP contribution in [0.4, 0.5) is 0 Å². The third kappa shape index (κ3) is 2.38. The molecule has 0 radical (unpaired) electrons. The summed E-state index contributed by atoms with van der Waals surface area (Å²) >= 11 is 8.83. The summed E-state index contributed by atoms with van der Waals surface area (Å²) in [7, 11) is 0. The summed E-state index contributed by atoms with van der Waals surface area (Å²) in [4.78, 5) is 3.24. The van der Waals surface area contributed by atoms with Crippen LogP contribution in [0.2, 0.25) is 0 Å². The van der Waals surface area contributed by atoms with Crippen LogP contribution < -0.4 is 0 Å². The van der Waals surface area contributed by atoms with Crippen molar-refractivity contribution in [1.29, 1.82) is 0 Å². The third-order valence-corrected chi connectivity index (χ3v) is 3.54. The number of aromatic nitrogens is 2. The van der Waals surface area contributed by atoms with Gasteiger partial charge in [0.15, 0.2) is 4.77 Å². The summed E-state index contributed by atoms with van der Waals surface area (Å²) in [6, 6.07) is 6.21. The Balaban J connectivity index is 2.38. The van der Waals surface area contributed by atoms with Crippen molar-refractivity contribution in [3.8, 4) is 0 Å². The van der Waals surface area contributed by atoms with Gasteiger partial charge in [-0.25, -0.2) is 0 Å². The van der Waals surface area contributed by atoms with Crippen LogP contribution in [0.1, 0.15) is 26.2 Å². The number of aromatic amines is 1. The Labute approximate surface area is 109 Å². The number of nitrogens with zero attached hydrogens (tertiary/aromatic N) is 1. The van der Waals surface area contributed by atoms with Gasteiger partial charge in [0.05, 0.1) is 11.0 Å². The number of fused-ring (bicyclic) bond motifs is 1. The van der Waals surface area contributed by atoms with Gasteiger partial charge in [-0.2, -0.15) is 0 Å². The second kappa shape index (κ2) is 5.15. The van der Waals surface area contributed by atoms with E-state index < -0.39 is 0 Å². The van der Waals surface area contributed by atoms with Crippen LogP contribution in [0, 0.1) is 4.77 Å². The Kier molecular flexibility index (Phi) is 3.82. The van der Waals surface area contributed by atoms with Crippen molar-refractivity contribution in [2.45, 2.75) is 32.7 Å². The molecule has 4 heteroatoms. The van der Waals surface area contributed by atoms with Gasteiger partial charge < -0.3 is 9.55 Å². The molecule has 0 fully saturated rings. The first kappa shape index (κ1) is 11.9. The molecule has 0 aliphatic rings. The summed E-state index contributed by atoms with van der Waals surface area (Å²) in [6.07, 6.45) is 3.67. The van der Waals surface area contributed by atoms with E-state index in [1.54, 1.807) is 0 Å². The second-order valence-corrected chi connectivity index (χ2v) is 5.25. The molecular weight excluding hydrogens is 284 g/mol. The maximum atomic E-state index is 5.34. The number of nitrogens with one attached hydrogen (secondary N) is 1. The molecule has 2 rings (SSSR count). The van der Waals surface area contributed by atoms with Crippen LogP contribution in [-0.4, -0.2) is 9.55 Å². The molecule has 0 amide bonds. The summed E-state index contributed by atoms with van der Waals surface area (Å²) < 4.78 is 4.10. The maximum absolute atomic E-state index is 5.34. The van der Waals surface area contributed by atoms with Crippen molar-refractivity contribution >= 4 is 39.2 Å². The van der Waals surface area contributed by atoms with E-state index in [-0.39, 0.29) is 0 Å². The lowest BCUT2D eigenvalue weighted by molar-refractivity contribution is 0.608. The fraction of sp³-hybridized carbons (Fsp3) is 0.417. The maximum Gasteiger partial charge on any atom is 0.178 e. The lowest BCUT2D eigenvalue weighted by Crippen LogP contribution is -1.97. The minimum atomic E-state index is 0.823. The highest BCUT2D eigenvalue weighted by Crippen LogP contribution is 2.20. The normalized spacial score (nSPS) is 11.1. The highest BCUT2D eigenvalue weighted by molar-refractivity contribution is 9.10. The molecule has 16 heavy (non-hydrogen) atoms.